The van der Waals surface area contributed by atoms with Gasteiger partial charge in [-0.05, 0) is 24.3 Å². The van der Waals surface area contributed by atoms with E-state index in [2.05, 4.69) is 15.4 Å². The van der Waals surface area contributed by atoms with Crippen LogP contribution in [0.2, 0.25) is 0 Å². The third-order valence-corrected chi connectivity index (χ3v) is 5.28. The van der Waals surface area contributed by atoms with Crippen molar-refractivity contribution in [2.75, 3.05) is 5.32 Å². The summed E-state index contributed by atoms with van der Waals surface area (Å²) >= 11 is 1.42. The van der Waals surface area contributed by atoms with Crippen molar-refractivity contribution in [3.63, 3.8) is 0 Å². The Kier molecular flexibility index (Phi) is 5.72. The van der Waals surface area contributed by atoms with Crippen LogP contribution in [0, 0.1) is 10.1 Å². The van der Waals surface area contributed by atoms with E-state index >= 15 is 0 Å². The molecule has 0 radical (unpaired) electrons. The standard InChI is InChI=1S/C21H17N5O4S/c1-25-11-15(10-22-25)20-24-17(13-31-20)12-30-21(27)14-7-8-18(19(9-14)26(28)29)23-16-5-3-2-4-6-16/h2-11,13,23H,12H2,1H3. The van der Waals surface area contributed by atoms with E-state index in [1.807, 2.05) is 31.4 Å². The quantitative estimate of drug-likeness (QED) is 0.257. The van der Waals surface area contributed by atoms with Crippen LogP contribution in [0.3, 0.4) is 0 Å². The van der Waals surface area contributed by atoms with Gasteiger partial charge in [0.25, 0.3) is 5.69 Å². The van der Waals surface area contributed by atoms with Gasteiger partial charge in [-0.3, -0.25) is 14.8 Å². The number of hydrogen-bond donors (Lipinski definition) is 1. The minimum Gasteiger partial charge on any atom is -0.456 e. The van der Waals surface area contributed by atoms with Gasteiger partial charge in [0.05, 0.1) is 22.4 Å². The molecule has 0 aliphatic rings. The summed E-state index contributed by atoms with van der Waals surface area (Å²) in [6, 6.07) is 13.2. The predicted octanol–water partition coefficient (Wildman–Crippen LogP) is 4.55. The molecule has 2 heterocycles. The molecule has 0 amide bonds. The highest BCUT2D eigenvalue weighted by Gasteiger charge is 2.19. The number of nitro groups is 1. The van der Waals surface area contributed by atoms with Crippen LogP contribution in [-0.4, -0.2) is 25.7 Å². The number of carbonyl (C=O) groups is 1. The molecule has 9 nitrogen and oxygen atoms in total. The largest absolute Gasteiger partial charge is 0.456 e. The molecule has 2 aromatic heterocycles. The van der Waals surface area contributed by atoms with Crippen molar-refractivity contribution in [3.05, 3.63) is 87.7 Å². The number of carbonyl (C=O) groups excluding carboxylic acids is 1. The molecule has 2 aromatic carbocycles. The van der Waals surface area contributed by atoms with Gasteiger partial charge in [0, 0.05) is 35.9 Å². The van der Waals surface area contributed by atoms with Gasteiger partial charge in [-0.15, -0.1) is 11.3 Å². The molecule has 0 fully saturated rings. The molecular weight excluding hydrogens is 418 g/mol. The Morgan fingerprint density at radius 3 is 2.77 bits per heavy atom. The molecule has 1 N–H and O–H groups in total. The smallest absolute Gasteiger partial charge is 0.338 e. The van der Waals surface area contributed by atoms with Crippen LogP contribution in [0.25, 0.3) is 10.6 Å². The first-order chi connectivity index (χ1) is 15.0. The van der Waals surface area contributed by atoms with Crippen LogP contribution >= 0.6 is 11.3 Å². The lowest BCUT2D eigenvalue weighted by atomic mass is 10.1. The van der Waals surface area contributed by atoms with E-state index < -0.39 is 10.9 Å². The number of aromatic nitrogens is 3. The lowest BCUT2D eigenvalue weighted by Gasteiger charge is -2.08. The summed E-state index contributed by atoms with van der Waals surface area (Å²) in [5.41, 5.74) is 2.33. The Labute approximate surface area is 181 Å². The molecule has 4 rings (SSSR count). The van der Waals surface area contributed by atoms with Gasteiger partial charge >= 0.3 is 5.97 Å². The monoisotopic (exact) mass is 435 g/mol. The minimum atomic E-state index is -0.662. The van der Waals surface area contributed by atoms with E-state index in [9.17, 15) is 14.9 Å². The lowest BCUT2D eigenvalue weighted by molar-refractivity contribution is -0.383. The molecule has 0 saturated carbocycles. The number of aryl methyl sites for hydroxylation is 1. The van der Waals surface area contributed by atoms with Crippen LogP contribution < -0.4 is 5.32 Å². The normalized spacial score (nSPS) is 10.6. The van der Waals surface area contributed by atoms with E-state index in [4.69, 9.17) is 4.74 Å². The molecule has 0 bridgehead atoms. The van der Waals surface area contributed by atoms with Crippen LogP contribution in [0.4, 0.5) is 17.1 Å². The second-order valence-corrected chi connectivity index (χ2v) is 7.46. The van der Waals surface area contributed by atoms with Gasteiger partial charge in [-0.2, -0.15) is 5.10 Å². The summed E-state index contributed by atoms with van der Waals surface area (Å²) in [5, 5.41) is 21.2. The predicted molar refractivity (Wildman–Crippen MR) is 116 cm³/mol. The van der Waals surface area contributed by atoms with Crippen molar-refractivity contribution in [2.45, 2.75) is 6.61 Å². The summed E-state index contributed by atoms with van der Waals surface area (Å²) in [5.74, 6) is -0.662. The van der Waals surface area contributed by atoms with Crippen molar-refractivity contribution in [1.82, 2.24) is 14.8 Å². The first-order valence-electron chi connectivity index (χ1n) is 9.20. The average molecular weight is 435 g/mol. The highest BCUT2D eigenvalue weighted by Crippen LogP contribution is 2.29. The number of thiazole rings is 1. The number of nitro benzene ring substituents is 1. The van der Waals surface area contributed by atoms with Gasteiger partial charge in [0.1, 0.15) is 17.3 Å². The van der Waals surface area contributed by atoms with Crippen molar-refractivity contribution >= 4 is 34.4 Å². The number of rotatable bonds is 7. The molecule has 156 valence electrons. The average Bonchev–Trinajstić information content (AvgIpc) is 3.42. The number of nitrogens with one attached hydrogen (secondary N) is 1. The van der Waals surface area contributed by atoms with Gasteiger partial charge in [-0.1, -0.05) is 18.2 Å². The van der Waals surface area contributed by atoms with Crippen LogP contribution in [0.5, 0.6) is 0 Å². The molecule has 0 saturated heterocycles. The zero-order valence-electron chi connectivity index (χ0n) is 16.4. The molecular formula is C21H17N5O4S. The van der Waals surface area contributed by atoms with Gasteiger partial charge in [0.15, 0.2) is 0 Å². The SMILES string of the molecule is Cn1cc(-c2nc(COC(=O)c3ccc(Nc4ccccc4)c([N+](=O)[O-])c3)cs2)cn1. The molecule has 31 heavy (non-hydrogen) atoms. The summed E-state index contributed by atoms with van der Waals surface area (Å²) in [4.78, 5) is 27.8. The highest BCUT2D eigenvalue weighted by atomic mass is 32.1. The van der Waals surface area contributed by atoms with E-state index in [0.717, 1.165) is 10.6 Å². The number of benzene rings is 2. The maximum Gasteiger partial charge on any atom is 0.338 e. The van der Waals surface area contributed by atoms with Crippen LogP contribution in [0.1, 0.15) is 16.1 Å². The Balaban J connectivity index is 1.45. The van der Waals surface area contributed by atoms with E-state index in [1.165, 1.54) is 29.5 Å². The van der Waals surface area contributed by atoms with Crippen molar-refractivity contribution < 1.29 is 14.5 Å². The fraction of sp³-hybridized carbons (Fsp3) is 0.0952. The fourth-order valence-electron chi connectivity index (χ4n) is 2.85. The first kappa shape index (κ1) is 20.2. The molecule has 4 aromatic rings. The third kappa shape index (κ3) is 4.75. The molecule has 0 aliphatic heterocycles. The molecule has 0 aliphatic carbocycles. The number of esters is 1. The van der Waals surface area contributed by atoms with Gasteiger partial charge in [-0.25, -0.2) is 9.78 Å². The number of anilines is 2. The summed E-state index contributed by atoms with van der Waals surface area (Å²) in [7, 11) is 1.82. The van der Waals surface area contributed by atoms with Gasteiger partial charge < -0.3 is 10.1 Å². The fourth-order valence-corrected chi connectivity index (χ4v) is 3.63. The number of para-hydroxylation sites is 1. The van der Waals surface area contributed by atoms with Crippen molar-refractivity contribution in [3.8, 4) is 10.6 Å². The van der Waals surface area contributed by atoms with Crippen molar-refractivity contribution in [1.29, 1.82) is 0 Å². The summed E-state index contributed by atoms with van der Waals surface area (Å²) in [6.45, 7) is -0.0343. The van der Waals surface area contributed by atoms with E-state index in [-0.39, 0.29) is 23.5 Å². The zero-order chi connectivity index (χ0) is 21.8. The van der Waals surface area contributed by atoms with E-state index in [0.29, 0.717) is 11.4 Å². The van der Waals surface area contributed by atoms with Crippen molar-refractivity contribution in [2.24, 2.45) is 7.05 Å². The Bertz CT molecular complexity index is 1240. The second kappa shape index (κ2) is 8.76. The first-order valence-corrected chi connectivity index (χ1v) is 10.1. The maximum absolute atomic E-state index is 12.4. The minimum absolute atomic E-state index is 0.0343. The van der Waals surface area contributed by atoms with Crippen LogP contribution in [-0.2, 0) is 18.4 Å². The highest BCUT2D eigenvalue weighted by molar-refractivity contribution is 7.13. The maximum atomic E-state index is 12.4. The Morgan fingerprint density at radius 1 is 1.26 bits per heavy atom. The van der Waals surface area contributed by atoms with E-state index in [1.54, 1.807) is 28.4 Å². The zero-order valence-corrected chi connectivity index (χ0v) is 17.2. The molecule has 0 atom stereocenters. The number of hydrogen-bond acceptors (Lipinski definition) is 8. The second-order valence-electron chi connectivity index (χ2n) is 6.60. The topological polar surface area (TPSA) is 112 Å². The molecule has 0 spiro atoms. The Hall–Kier alpha value is -4.05. The number of ether oxygens (including phenoxy) is 1. The van der Waals surface area contributed by atoms with Gasteiger partial charge in [0.2, 0.25) is 0 Å². The molecule has 0 unspecified atom stereocenters. The third-order valence-electron chi connectivity index (χ3n) is 4.34. The molecule has 10 heteroatoms. The Morgan fingerprint density at radius 2 is 2.06 bits per heavy atom. The van der Waals surface area contributed by atoms with Crippen LogP contribution in [0.15, 0.2) is 66.3 Å². The summed E-state index contributed by atoms with van der Waals surface area (Å²) in [6.07, 6.45) is 3.55. The summed E-state index contributed by atoms with van der Waals surface area (Å²) < 4.78 is 6.98. The lowest BCUT2D eigenvalue weighted by Crippen LogP contribution is -2.07. The number of nitrogens with zero attached hydrogens (tertiary/aromatic N) is 4.